The van der Waals surface area contributed by atoms with E-state index < -0.39 is 31.1 Å². The molecule has 1 amide bonds. The number of quaternary nitrogens is 1. The number of hydrogen-bond acceptors (Lipinski definition) is 6. The molecule has 0 aromatic heterocycles. The molecule has 0 N–H and O–H groups in total. The molecule has 0 saturated carbocycles. The van der Waals surface area contributed by atoms with E-state index in [2.05, 4.69) is 0 Å². The van der Waals surface area contributed by atoms with Gasteiger partial charge < -0.3 is 8.86 Å². The highest BCUT2D eigenvalue weighted by Crippen LogP contribution is 2.36. The third-order valence-electron chi connectivity index (χ3n) is 3.20. The minimum Gasteiger partial charge on any atom is -0.423 e. The van der Waals surface area contributed by atoms with E-state index in [4.69, 9.17) is 4.74 Å². The number of carbonyl (C=O) groups is 1. The summed E-state index contributed by atoms with van der Waals surface area (Å²) < 4.78 is 114. The first-order chi connectivity index (χ1) is 11.4. The number of halogens is 6. The van der Waals surface area contributed by atoms with Crippen molar-refractivity contribution in [1.29, 1.82) is 0 Å². The van der Waals surface area contributed by atoms with Gasteiger partial charge in [-0.25, -0.2) is 21.3 Å². The van der Waals surface area contributed by atoms with Gasteiger partial charge in [-0.1, -0.05) is 0 Å². The molecule has 1 heterocycles. The molecule has 1 saturated heterocycles. The van der Waals surface area contributed by atoms with Gasteiger partial charge in [0.2, 0.25) is 0 Å². The topological polar surface area (TPSA) is 109 Å². The van der Waals surface area contributed by atoms with Crippen LogP contribution in [0.1, 0.15) is 19.3 Å². The quantitative estimate of drug-likeness (QED) is 0.484. The fourth-order valence-corrected chi connectivity index (χ4v) is 3.54. The standard InChI is InChI=1S/C8H16NO2.C2F6NO4S2/c1-9(8(10)11-2)6-4-3-5-7-9;3-1(4,5)14(10,11)9-15(12,13)2(6,7)8/h3-7H2,1-2H3;/q+1;-1. The Morgan fingerprint density at radius 1 is 0.885 bits per heavy atom. The lowest BCUT2D eigenvalue weighted by Crippen LogP contribution is -2.52. The summed E-state index contributed by atoms with van der Waals surface area (Å²) >= 11 is 0. The molecule has 0 aliphatic carbocycles. The molecule has 0 aromatic carbocycles. The van der Waals surface area contributed by atoms with Crippen LogP contribution in [0, 0.1) is 0 Å². The molecule has 1 rings (SSSR count). The maximum absolute atomic E-state index is 11.4. The van der Waals surface area contributed by atoms with Crippen LogP contribution in [0.3, 0.4) is 0 Å². The zero-order valence-electron chi connectivity index (χ0n) is 13.5. The number of amides is 1. The van der Waals surface area contributed by atoms with E-state index in [1.807, 2.05) is 7.05 Å². The Morgan fingerprint density at radius 3 is 1.50 bits per heavy atom. The molecule has 1 aliphatic heterocycles. The van der Waals surface area contributed by atoms with Gasteiger partial charge in [-0.2, -0.15) is 31.1 Å². The number of likely N-dealkylation sites (tertiary alicyclic amines) is 1. The molecule has 0 radical (unpaired) electrons. The van der Waals surface area contributed by atoms with Crippen molar-refractivity contribution in [2.75, 3.05) is 27.2 Å². The molecule has 1 fully saturated rings. The van der Waals surface area contributed by atoms with Gasteiger partial charge in [0.15, 0.2) is 20.0 Å². The molecule has 0 aromatic rings. The fourth-order valence-electron chi connectivity index (χ4n) is 1.83. The highest BCUT2D eigenvalue weighted by molar-refractivity contribution is 8.13. The monoisotopic (exact) mass is 438 g/mol. The lowest BCUT2D eigenvalue weighted by molar-refractivity contribution is -0.842. The van der Waals surface area contributed by atoms with Crippen molar-refractivity contribution >= 4 is 26.1 Å². The maximum Gasteiger partial charge on any atom is 0.515 e. The summed E-state index contributed by atoms with van der Waals surface area (Å²) in [5.74, 6) is 0. The number of hydrogen-bond donors (Lipinski definition) is 0. The van der Waals surface area contributed by atoms with Gasteiger partial charge in [0.25, 0.3) is 0 Å². The Bertz CT molecular complexity index is 653. The summed E-state index contributed by atoms with van der Waals surface area (Å²) in [6, 6.07) is 0. The van der Waals surface area contributed by atoms with Gasteiger partial charge in [0, 0.05) is 0 Å². The van der Waals surface area contributed by atoms with Crippen LogP contribution < -0.4 is 0 Å². The molecule has 8 nitrogen and oxygen atoms in total. The van der Waals surface area contributed by atoms with Crippen molar-refractivity contribution in [2.45, 2.75) is 30.3 Å². The highest BCUT2D eigenvalue weighted by atomic mass is 32.3. The minimum absolute atomic E-state index is 0.0929. The molecule has 0 unspecified atom stereocenters. The van der Waals surface area contributed by atoms with Gasteiger partial charge in [0.05, 0.1) is 27.2 Å². The maximum atomic E-state index is 11.4. The van der Waals surface area contributed by atoms with Crippen LogP contribution in [-0.2, 0) is 24.8 Å². The summed E-state index contributed by atoms with van der Waals surface area (Å²) in [5, 5.41) is 0. The van der Waals surface area contributed by atoms with E-state index in [9.17, 15) is 48.0 Å². The number of sulfonamides is 2. The lowest BCUT2D eigenvalue weighted by atomic mass is 10.1. The summed E-state index contributed by atoms with van der Waals surface area (Å²) in [7, 11) is -10.0. The van der Waals surface area contributed by atoms with E-state index in [0.717, 1.165) is 30.1 Å². The first-order valence-corrected chi connectivity index (χ1v) is 9.57. The zero-order chi connectivity index (χ0) is 21.0. The van der Waals surface area contributed by atoms with Crippen molar-refractivity contribution < 1.29 is 57.2 Å². The Balaban J connectivity index is 0.000000502. The largest absolute Gasteiger partial charge is 0.515 e. The predicted molar refractivity (Wildman–Crippen MR) is 75.5 cm³/mol. The molecule has 0 spiro atoms. The van der Waals surface area contributed by atoms with Crippen LogP contribution >= 0.6 is 0 Å². The second-order valence-electron chi connectivity index (χ2n) is 5.29. The lowest BCUT2D eigenvalue weighted by Gasteiger charge is -2.32. The average Bonchev–Trinajstić information content (AvgIpc) is 2.44. The average molecular weight is 438 g/mol. The Hall–Kier alpha value is -1.13. The first kappa shape index (κ1) is 24.9. The molecule has 16 heteroatoms. The van der Waals surface area contributed by atoms with Crippen molar-refractivity contribution in [3.05, 3.63) is 4.13 Å². The third kappa shape index (κ3) is 6.55. The molecular formula is C10H16F6N2O6S2. The summed E-state index contributed by atoms with van der Waals surface area (Å²) in [6.45, 7) is 1.87. The molecular weight excluding hydrogens is 422 g/mol. The Morgan fingerprint density at radius 2 is 1.23 bits per heavy atom. The predicted octanol–water partition coefficient (Wildman–Crippen LogP) is 2.44. The van der Waals surface area contributed by atoms with E-state index in [1.54, 1.807) is 0 Å². The zero-order valence-corrected chi connectivity index (χ0v) is 15.1. The molecule has 0 atom stereocenters. The second-order valence-corrected chi connectivity index (χ2v) is 8.71. The van der Waals surface area contributed by atoms with Crippen LogP contribution in [0.4, 0.5) is 31.1 Å². The SMILES string of the molecule is COC(=O)[N+]1(C)CCCCC1.O=S(=O)([N-]S(=O)(=O)C(F)(F)F)C(F)(F)F. The number of nitrogens with zero attached hydrogens (tertiary/aromatic N) is 2. The van der Waals surface area contributed by atoms with E-state index >= 15 is 0 Å². The summed E-state index contributed by atoms with van der Waals surface area (Å²) in [5.41, 5.74) is -12.4. The van der Waals surface area contributed by atoms with E-state index in [-0.39, 0.29) is 6.09 Å². The van der Waals surface area contributed by atoms with Crippen molar-refractivity contribution in [1.82, 2.24) is 0 Å². The van der Waals surface area contributed by atoms with Crippen LogP contribution in [-0.4, -0.2) is 65.7 Å². The Labute approximate surface area is 145 Å². The van der Waals surface area contributed by atoms with Crippen molar-refractivity contribution in [2.24, 2.45) is 0 Å². The number of carbonyl (C=O) groups excluding carboxylic acids is 1. The van der Waals surface area contributed by atoms with Gasteiger partial charge in [-0.15, -0.1) is 0 Å². The number of ether oxygens (including phenoxy) is 1. The molecule has 156 valence electrons. The van der Waals surface area contributed by atoms with Crippen molar-refractivity contribution in [3.63, 3.8) is 0 Å². The van der Waals surface area contributed by atoms with Gasteiger partial charge in [0.1, 0.15) is 0 Å². The molecule has 0 bridgehead atoms. The summed E-state index contributed by atoms with van der Waals surface area (Å²) in [4.78, 5) is 11.2. The fraction of sp³-hybridized carbons (Fsp3) is 0.900. The van der Waals surface area contributed by atoms with Crippen LogP contribution in [0.15, 0.2) is 0 Å². The number of piperidine rings is 1. The smallest absolute Gasteiger partial charge is 0.423 e. The minimum atomic E-state index is -6.72. The van der Waals surface area contributed by atoms with Crippen molar-refractivity contribution in [3.8, 4) is 0 Å². The molecule has 26 heavy (non-hydrogen) atoms. The van der Waals surface area contributed by atoms with Gasteiger partial charge in [-0.05, 0) is 19.3 Å². The third-order valence-corrected chi connectivity index (χ3v) is 5.94. The number of alkyl halides is 6. The molecule has 1 aliphatic rings. The van der Waals surface area contributed by atoms with Crippen LogP contribution in [0.5, 0.6) is 0 Å². The number of rotatable bonds is 2. The Kier molecular flexibility index (Phi) is 7.90. The van der Waals surface area contributed by atoms with Gasteiger partial charge in [-0.3, -0.25) is 0 Å². The summed E-state index contributed by atoms with van der Waals surface area (Å²) in [6.07, 6.45) is 3.45. The highest BCUT2D eigenvalue weighted by Gasteiger charge is 2.46. The second kappa shape index (κ2) is 8.26. The normalized spacial score (nSPS) is 18.5. The van der Waals surface area contributed by atoms with E-state index in [0.29, 0.717) is 4.48 Å². The number of methoxy groups -OCH3 is 1. The van der Waals surface area contributed by atoms with E-state index in [1.165, 1.54) is 13.5 Å². The first-order valence-electron chi connectivity index (χ1n) is 6.69. The van der Waals surface area contributed by atoms with Crippen LogP contribution in [0.2, 0.25) is 0 Å². The van der Waals surface area contributed by atoms with Crippen LogP contribution in [0.25, 0.3) is 4.13 Å². The van der Waals surface area contributed by atoms with Gasteiger partial charge >= 0.3 is 17.1 Å².